The molecular formula is C36H44N6O6. The molecule has 3 aromatic rings. The first-order valence-corrected chi connectivity index (χ1v) is 16.9. The van der Waals surface area contributed by atoms with E-state index in [9.17, 15) is 28.8 Å². The minimum atomic E-state index is -1.26. The van der Waals surface area contributed by atoms with Crippen LogP contribution in [0.3, 0.4) is 0 Å². The molecule has 5 N–H and O–H groups in total. The fourth-order valence-electron chi connectivity index (χ4n) is 8.09. The third-order valence-corrected chi connectivity index (χ3v) is 10.0. The molecule has 0 saturated heterocycles. The van der Waals surface area contributed by atoms with Crippen molar-refractivity contribution in [2.75, 3.05) is 5.32 Å². The quantitative estimate of drug-likeness (QED) is 0.198. The van der Waals surface area contributed by atoms with Crippen LogP contribution < -0.4 is 26.8 Å². The van der Waals surface area contributed by atoms with Crippen LogP contribution in [0.5, 0.6) is 0 Å². The van der Waals surface area contributed by atoms with E-state index in [1.165, 1.54) is 29.4 Å². The van der Waals surface area contributed by atoms with Crippen LogP contribution in [0.2, 0.25) is 0 Å². The molecule has 2 heterocycles. The van der Waals surface area contributed by atoms with Crippen molar-refractivity contribution in [3.63, 3.8) is 0 Å². The summed E-state index contributed by atoms with van der Waals surface area (Å²) in [5, 5.41) is 11.7. The van der Waals surface area contributed by atoms with Crippen molar-refractivity contribution >= 4 is 46.0 Å². The molecule has 254 valence electrons. The minimum Gasteiger partial charge on any atom is -0.360 e. The highest BCUT2D eigenvalue weighted by Crippen LogP contribution is 2.53. The lowest BCUT2D eigenvalue weighted by atomic mass is 9.54. The number of aromatic amines is 1. The van der Waals surface area contributed by atoms with Crippen LogP contribution in [0.1, 0.15) is 76.1 Å². The molecule has 4 fully saturated rings. The Hall–Kier alpha value is -4.74. The van der Waals surface area contributed by atoms with Crippen LogP contribution in [0.4, 0.5) is 5.69 Å². The van der Waals surface area contributed by atoms with Crippen molar-refractivity contribution in [2.45, 2.75) is 89.9 Å². The SMILES string of the molecule is CC(C)(C)NC(=O)C(=O)CC[C@H](NC(=O)c1c[nH]c2ccccc12)C(=O)Nc1cccn(CC(=O)NC2C3CC4CC(C3)CC2C4)c1=O. The van der Waals surface area contributed by atoms with Crippen LogP contribution in [-0.2, 0) is 25.7 Å². The van der Waals surface area contributed by atoms with Gasteiger partial charge < -0.3 is 30.8 Å². The number of amides is 4. The average molecular weight is 657 g/mol. The molecule has 0 spiro atoms. The number of pyridine rings is 1. The van der Waals surface area contributed by atoms with Crippen LogP contribution in [0.15, 0.2) is 53.6 Å². The normalized spacial score (nSPS) is 23.4. The molecule has 1 aromatic carbocycles. The summed E-state index contributed by atoms with van der Waals surface area (Å²) in [4.78, 5) is 81.7. The molecule has 12 heteroatoms. The summed E-state index contributed by atoms with van der Waals surface area (Å²) in [7, 11) is 0. The number of ketones is 1. The number of aromatic nitrogens is 2. The summed E-state index contributed by atoms with van der Waals surface area (Å²) in [5.41, 5.74) is -0.254. The molecule has 7 rings (SSSR count). The second kappa shape index (κ2) is 13.4. The molecule has 4 aliphatic rings. The average Bonchev–Trinajstić information content (AvgIpc) is 3.46. The second-order valence-electron chi connectivity index (χ2n) is 14.8. The third-order valence-electron chi connectivity index (χ3n) is 10.0. The number of Topliss-reactive ketones (excluding diaryl/α,β-unsaturated/α-hetero) is 1. The molecule has 4 amide bonds. The molecule has 1 atom stereocenters. The summed E-state index contributed by atoms with van der Waals surface area (Å²) in [6.07, 6.45) is 8.46. The summed E-state index contributed by atoms with van der Waals surface area (Å²) in [5.74, 6) is -0.527. The van der Waals surface area contributed by atoms with E-state index in [1.807, 2.05) is 12.1 Å². The van der Waals surface area contributed by atoms with E-state index in [0.29, 0.717) is 22.8 Å². The number of hydrogen-bond donors (Lipinski definition) is 5. The van der Waals surface area contributed by atoms with E-state index in [0.717, 1.165) is 43.0 Å². The summed E-state index contributed by atoms with van der Waals surface area (Å²) < 4.78 is 1.25. The topological polar surface area (TPSA) is 171 Å². The molecular weight excluding hydrogens is 612 g/mol. The maximum absolute atomic E-state index is 13.6. The van der Waals surface area contributed by atoms with Gasteiger partial charge in [-0.05, 0) is 101 Å². The van der Waals surface area contributed by atoms with Crippen molar-refractivity contribution < 1.29 is 24.0 Å². The van der Waals surface area contributed by atoms with Gasteiger partial charge in [0.2, 0.25) is 17.6 Å². The molecule has 0 unspecified atom stereocenters. The van der Waals surface area contributed by atoms with Gasteiger partial charge in [0.15, 0.2) is 0 Å². The Balaban J connectivity index is 1.14. The van der Waals surface area contributed by atoms with E-state index < -0.39 is 40.6 Å². The van der Waals surface area contributed by atoms with Gasteiger partial charge in [-0.3, -0.25) is 28.8 Å². The smallest absolute Gasteiger partial charge is 0.287 e. The number of nitrogens with zero attached hydrogens (tertiary/aromatic N) is 1. The number of benzene rings is 1. The van der Waals surface area contributed by atoms with Crippen LogP contribution >= 0.6 is 0 Å². The Morgan fingerprint density at radius 2 is 1.62 bits per heavy atom. The largest absolute Gasteiger partial charge is 0.360 e. The van der Waals surface area contributed by atoms with E-state index in [2.05, 4.69) is 26.3 Å². The number of H-pyrrole nitrogens is 1. The predicted octanol–water partition coefficient (Wildman–Crippen LogP) is 3.27. The standard InChI is InChI=1S/C36H44N6O6/c1-36(2,3)41-34(47)29(43)11-10-27(38-32(45)25-18-37-26-8-5-4-7-24(25)26)33(46)39-28-9-6-12-42(35(28)48)19-30(44)40-31-22-14-20-13-21(16-22)17-23(31)15-20/h4-9,12,18,20-23,27,31,37H,10-11,13-17,19H2,1-3H3,(H,38,45)(H,39,46)(H,40,44)(H,41,47)/t20?,21?,22?,23?,27-,31?/m0/s1. The van der Waals surface area contributed by atoms with Gasteiger partial charge in [0.1, 0.15) is 18.3 Å². The maximum Gasteiger partial charge on any atom is 0.287 e. The molecule has 4 aliphatic carbocycles. The molecule has 4 saturated carbocycles. The molecule has 48 heavy (non-hydrogen) atoms. The zero-order valence-corrected chi connectivity index (χ0v) is 27.6. The first-order chi connectivity index (χ1) is 22.8. The van der Waals surface area contributed by atoms with Crippen LogP contribution in [-0.4, -0.2) is 56.6 Å². The summed E-state index contributed by atoms with van der Waals surface area (Å²) in [6.45, 7) is 5.04. The highest BCUT2D eigenvalue weighted by atomic mass is 16.2. The molecule has 0 aliphatic heterocycles. The van der Waals surface area contributed by atoms with E-state index in [1.54, 1.807) is 39.0 Å². The fraction of sp³-hybridized carbons (Fsp3) is 0.500. The van der Waals surface area contributed by atoms with E-state index >= 15 is 0 Å². The third kappa shape index (κ3) is 7.37. The number of carbonyl (C=O) groups is 5. The Morgan fingerprint density at radius 1 is 0.938 bits per heavy atom. The van der Waals surface area contributed by atoms with Crippen molar-refractivity contribution in [2.24, 2.45) is 23.7 Å². The van der Waals surface area contributed by atoms with Crippen molar-refractivity contribution in [1.82, 2.24) is 25.5 Å². The van der Waals surface area contributed by atoms with Gasteiger partial charge in [0.25, 0.3) is 17.4 Å². The van der Waals surface area contributed by atoms with Gasteiger partial charge in [-0.1, -0.05) is 18.2 Å². The zero-order valence-electron chi connectivity index (χ0n) is 27.6. The number of hydrogen-bond acceptors (Lipinski definition) is 6. The lowest BCUT2D eigenvalue weighted by molar-refractivity contribution is -0.139. The highest BCUT2D eigenvalue weighted by molar-refractivity contribution is 6.36. The van der Waals surface area contributed by atoms with Gasteiger partial charge in [0, 0.05) is 41.3 Å². The highest BCUT2D eigenvalue weighted by Gasteiger charge is 2.48. The van der Waals surface area contributed by atoms with Gasteiger partial charge in [-0.15, -0.1) is 0 Å². The maximum atomic E-state index is 13.6. The summed E-state index contributed by atoms with van der Waals surface area (Å²) in [6, 6.07) is 9.05. The minimum absolute atomic E-state index is 0.0759. The lowest BCUT2D eigenvalue weighted by Crippen LogP contribution is -2.56. The number of rotatable bonds is 11. The predicted molar refractivity (Wildman–Crippen MR) is 180 cm³/mol. The number of para-hydroxylation sites is 1. The van der Waals surface area contributed by atoms with E-state index in [-0.39, 0.29) is 37.0 Å². The molecule has 12 nitrogen and oxygen atoms in total. The monoisotopic (exact) mass is 656 g/mol. The van der Waals surface area contributed by atoms with Crippen molar-refractivity contribution in [3.05, 3.63) is 64.7 Å². The first-order valence-electron chi connectivity index (χ1n) is 16.9. The van der Waals surface area contributed by atoms with Gasteiger partial charge >= 0.3 is 0 Å². The van der Waals surface area contributed by atoms with Crippen molar-refractivity contribution in [3.8, 4) is 0 Å². The Morgan fingerprint density at radius 3 is 2.31 bits per heavy atom. The number of anilines is 1. The van der Waals surface area contributed by atoms with Gasteiger partial charge in [-0.2, -0.15) is 0 Å². The lowest BCUT2D eigenvalue weighted by Gasteiger charge is -2.54. The van der Waals surface area contributed by atoms with Crippen LogP contribution in [0, 0.1) is 23.7 Å². The summed E-state index contributed by atoms with van der Waals surface area (Å²) >= 11 is 0. The van der Waals surface area contributed by atoms with Crippen LogP contribution in [0.25, 0.3) is 10.9 Å². The van der Waals surface area contributed by atoms with Crippen molar-refractivity contribution in [1.29, 1.82) is 0 Å². The first kappa shape index (κ1) is 33.2. The zero-order chi connectivity index (χ0) is 34.2. The molecule has 2 aromatic heterocycles. The molecule has 0 radical (unpaired) electrons. The number of nitrogens with one attached hydrogen (secondary N) is 5. The molecule has 4 bridgehead atoms. The fourth-order valence-corrected chi connectivity index (χ4v) is 8.09. The Labute approximate surface area is 278 Å². The Kier molecular flexibility index (Phi) is 9.26. The van der Waals surface area contributed by atoms with E-state index in [4.69, 9.17) is 0 Å². The number of carbonyl (C=O) groups excluding carboxylic acids is 5. The van der Waals surface area contributed by atoms with Gasteiger partial charge in [0.05, 0.1) is 5.56 Å². The second-order valence-corrected chi connectivity index (χ2v) is 14.8. The number of fused-ring (bicyclic) bond motifs is 1. The Bertz CT molecular complexity index is 1770. The van der Waals surface area contributed by atoms with Gasteiger partial charge in [-0.25, -0.2) is 0 Å².